The molecular weight excluding hydrogens is 244 g/mol. The number of aliphatic hydroxyl groups excluding tert-OH is 1. The van der Waals surface area contributed by atoms with Gasteiger partial charge >= 0.3 is 0 Å². The molecule has 2 rings (SSSR count). The van der Waals surface area contributed by atoms with Gasteiger partial charge in [0.15, 0.2) is 0 Å². The molecule has 0 radical (unpaired) electrons. The van der Waals surface area contributed by atoms with Gasteiger partial charge in [0.25, 0.3) is 0 Å². The molecule has 2 fully saturated rings. The Morgan fingerprint density at radius 2 is 1.95 bits per heavy atom. The van der Waals surface area contributed by atoms with E-state index in [2.05, 4.69) is 46.5 Å². The highest BCUT2D eigenvalue weighted by molar-refractivity contribution is 5.09. The molecule has 2 aliphatic rings. The predicted molar refractivity (Wildman–Crippen MR) is 85.2 cm³/mol. The van der Waals surface area contributed by atoms with Crippen molar-refractivity contribution in [3.63, 3.8) is 0 Å². The highest BCUT2D eigenvalue weighted by Crippen LogP contribution is 2.58. The van der Waals surface area contributed by atoms with E-state index in [1.54, 1.807) is 0 Å². The maximum atomic E-state index is 10.3. The van der Waals surface area contributed by atoms with E-state index in [1.807, 2.05) is 0 Å². The predicted octanol–water partition coefficient (Wildman–Crippen LogP) is 4.64. The van der Waals surface area contributed by atoms with Gasteiger partial charge in [-0.15, -0.1) is 5.92 Å². The Morgan fingerprint density at radius 1 is 1.25 bits per heavy atom. The Kier molecular flexibility index (Phi) is 4.55. The first-order chi connectivity index (χ1) is 9.24. The summed E-state index contributed by atoms with van der Waals surface area (Å²) in [5.74, 6) is 8.73. The molecule has 5 atom stereocenters. The van der Waals surface area contributed by atoms with Crippen molar-refractivity contribution in [2.24, 2.45) is 28.6 Å². The second-order valence-electron chi connectivity index (χ2n) is 8.49. The van der Waals surface area contributed by atoms with E-state index in [0.717, 1.165) is 18.8 Å². The first-order valence-electron chi connectivity index (χ1n) is 8.42. The molecule has 0 spiro atoms. The Balaban J connectivity index is 2.03. The number of aliphatic hydroxyl groups is 1. The van der Waals surface area contributed by atoms with E-state index >= 15 is 0 Å². The van der Waals surface area contributed by atoms with Crippen molar-refractivity contribution in [1.29, 1.82) is 0 Å². The van der Waals surface area contributed by atoms with Crippen LogP contribution in [0, 0.1) is 40.4 Å². The number of fused-ring (bicyclic) bond motifs is 1. The molecule has 0 aromatic carbocycles. The van der Waals surface area contributed by atoms with Crippen molar-refractivity contribution < 1.29 is 5.11 Å². The van der Waals surface area contributed by atoms with Crippen molar-refractivity contribution in [3.05, 3.63) is 0 Å². The molecule has 0 aromatic heterocycles. The summed E-state index contributed by atoms with van der Waals surface area (Å²) in [6, 6.07) is 0. The van der Waals surface area contributed by atoms with Crippen LogP contribution in [-0.4, -0.2) is 11.2 Å². The second-order valence-corrected chi connectivity index (χ2v) is 8.49. The van der Waals surface area contributed by atoms with Gasteiger partial charge in [-0.3, -0.25) is 0 Å². The van der Waals surface area contributed by atoms with Gasteiger partial charge < -0.3 is 5.11 Å². The monoisotopic (exact) mass is 276 g/mol. The van der Waals surface area contributed by atoms with Crippen molar-refractivity contribution >= 4 is 0 Å². The molecule has 1 heteroatoms. The average molecular weight is 276 g/mol. The van der Waals surface area contributed by atoms with E-state index in [9.17, 15) is 5.11 Å². The third-order valence-electron chi connectivity index (χ3n) is 5.74. The van der Waals surface area contributed by atoms with Gasteiger partial charge in [0.2, 0.25) is 0 Å². The molecular formula is C19H32O. The molecule has 0 aromatic rings. The summed E-state index contributed by atoms with van der Waals surface area (Å²) in [5, 5.41) is 10.3. The zero-order valence-corrected chi connectivity index (χ0v) is 14.0. The summed E-state index contributed by atoms with van der Waals surface area (Å²) in [6.07, 6.45) is 7.00. The molecule has 1 N–H and O–H groups in total. The Labute approximate surface area is 125 Å². The summed E-state index contributed by atoms with van der Waals surface area (Å²) in [7, 11) is 0. The normalized spacial score (nSPS) is 38.8. The van der Waals surface area contributed by atoms with Gasteiger partial charge in [0, 0.05) is 11.8 Å². The molecule has 0 unspecified atom stereocenters. The lowest BCUT2D eigenvalue weighted by Crippen LogP contribution is -2.41. The Hall–Kier alpha value is -0.480. The SMILES string of the molecule is C[C@H](CC#CC(C)(C)C)[C@H]1CC[C@H]2[C@@H](O)CCC[C@]12C. The fourth-order valence-corrected chi connectivity index (χ4v) is 4.74. The van der Waals surface area contributed by atoms with Crippen LogP contribution in [0.4, 0.5) is 0 Å². The van der Waals surface area contributed by atoms with Crippen LogP contribution >= 0.6 is 0 Å². The molecule has 1 nitrogen and oxygen atoms in total. The maximum Gasteiger partial charge on any atom is 0.0573 e. The van der Waals surface area contributed by atoms with Crippen molar-refractivity contribution in [2.45, 2.75) is 79.2 Å². The largest absolute Gasteiger partial charge is 0.393 e. The minimum Gasteiger partial charge on any atom is -0.393 e. The quantitative estimate of drug-likeness (QED) is 0.728. The van der Waals surface area contributed by atoms with E-state index in [1.165, 1.54) is 25.7 Å². The summed E-state index contributed by atoms with van der Waals surface area (Å²) in [4.78, 5) is 0. The zero-order valence-electron chi connectivity index (χ0n) is 14.0. The van der Waals surface area contributed by atoms with Crippen molar-refractivity contribution in [1.82, 2.24) is 0 Å². The third kappa shape index (κ3) is 3.22. The van der Waals surface area contributed by atoms with E-state index in [0.29, 0.717) is 17.3 Å². The van der Waals surface area contributed by atoms with Crippen LogP contribution in [0.1, 0.15) is 73.1 Å². The fraction of sp³-hybridized carbons (Fsp3) is 0.895. The third-order valence-corrected chi connectivity index (χ3v) is 5.74. The maximum absolute atomic E-state index is 10.3. The Bertz CT molecular complexity index is 394. The number of rotatable bonds is 2. The molecule has 20 heavy (non-hydrogen) atoms. The molecule has 2 saturated carbocycles. The molecule has 0 bridgehead atoms. The molecule has 0 heterocycles. The standard InChI is InChI=1S/C19H32O/c1-14(8-6-12-18(2,3)4)15-10-11-16-17(20)9-7-13-19(15,16)5/h14-17,20H,7-11,13H2,1-5H3/t14-,15-,16+,17+,19-/m1/s1. The highest BCUT2D eigenvalue weighted by atomic mass is 16.3. The summed E-state index contributed by atoms with van der Waals surface area (Å²) in [6.45, 7) is 11.3. The molecule has 0 saturated heterocycles. The summed E-state index contributed by atoms with van der Waals surface area (Å²) in [5.41, 5.74) is 0.476. The average Bonchev–Trinajstić information content (AvgIpc) is 2.66. The van der Waals surface area contributed by atoms with Crippen LogP contribution in [-0.2, 0) is 0 Å². The van der Waals surface area contributed by atoms with Gasteiger partial charge in [-0.05, 0) is 69.6 Å². The Morgan fingerprint density at radius 3 is 2.60 bits per heavy atom. The topological polar surface area (TPSA) is 20.2 Å². The molecule has 0 amide bonds. The summed E-state index contributed by atoms with van der Waals surface area (Å²) < 4.78 is 0. The highest BCUT2D eigenvalue weighted by Gasteiger charge is 2.51. The van der Waals surface area contributed by atoms with Gasteiger partial charge in [-0.2, -0.15) is 0 Å². The van der Waals surface area contributed by atoms with Crippen LogP contribution in [0.3, 0.4) is 0 Å². The minimum absolute atomic E-state index is 0.0494. The zero-order chi connectivity index (χ0) is 15.0. The van der Waals surface area contributed by atoms with Gasteiger partial charge in [0.05, 0.1) is 6.10 Å². The van der Waals surface area contributed by atoms with Crippen LogP contribution in [0.25, 0.3) is 0 Å². The van der Waals surface area contributed by atoms with Gasteiger partial charge in [0.1, 0.15) is 0 Å². The lowest BCUT2D eigenvalue weighted by molar-refractivity contribution is -0.0264. The van der Waals surface area contributed by atoms with E-state index in [-0.39, 0.29) is 11.5 Å². The summed E-state index contributed by atoms with van der Waals surface area (Å²) >= 11 is 0. The number of hydrogen-bond donors (Lipinski definition) is 1. The van der Waals surface area contributed by atoms with E-state index < -0.39 is 0 Å². The molecule has 114 valence electrons. The fourth-order valence-electron chi connectivity index (χ4n) is 4.74. The van der Waals surface area contributed by atoms with Crippen molar-refractivity contribution in [3.8, 4) is 11.8 Å². The van der Waals surface area contributed by atoms with Gasteiger partial charge in [-0.25, -0.2) is 0 Å². The van der Waals surface area contributed by atoms with Gasteiger partial charge in [-0.1, -0.05) is 26.2 Å². The lowest BCUT2D eigenvalue weighted by Gasteiger charge is -2.45. The lowest BCUT2D eigenvalue weighted by atomic mass is 9.61. The second kappa shape index (κ2) is 5.72. The first kappa shape index (κ1) is 15.9. The van der Waals surface area contributed by atoms with Crippen LogP contribution in [0.15, 0.2) is 0 Å². The van der Waals surface area contributed by atoms with E-state index in [4.69, 9.17) is 0 Å². The van der Waals surface area contributed by atoms with Crippen LogP contribution in [0.5, 0.6) is 0 Å². The smallest absolute Gasteiger partial charge is 0.0573 e. The van der Waals surface area contributed by atoms with Crippen molar-refractivity contribution in [2.75, 3.05) is 0 Å². The van der Waals surface area contributed by atoms with Crippen LogP contribution in [0.2, 0.25) is 0 Å². The minimum atomic E-state index is -0.0494. The van der Waals surface area contributed by atoms with Crippen LogP contribution < -0.4 is 0 Å². The molecule has 2 aliphatic carbocycles. The molecule has 0 aliphatic heterocycles. The number of hydrogen-bond acceptors (Lipinski definition) is 1. The first-order valence-corrected chi connectivity index (χ1v) is 8.42.